The van der Waals surface area contributed by atoms with Crippen LogP contribution in [0.3, 0.4) is 0 Å². The SMILES string of the molecule is NC1CCC(=O)C(N)C1. The first-order valence-corrected chi connectivity index (χ1v) is 3.24. The highest BCUT2D eigenvalue weighted by Gasteiger charge is 2.22. The number of hydrogen-bond acceptors (Lipinski definition) is 3. The van der Waals surface area contributed by atoms with Gasteiger partial charge in [0.05, 0.1) is 6.04 Å². The third-order valence-electron chi connectivity index (χ3n) is 1.73. The Morgan fingerprint density at radius 2 is 2.11 bits per heavy atom. The lowest BCUT2D eigenvalue weighted by molar-refractivity contribution is -0.121. The van der Waals surface area contributed by atoms with E-state index in [1.54, 1.807) is 0 Å². The molecule has 1 aliphatic rings. The van der Waals surface area contributed by atoms with Gasteiger partial charge in [0.15, 0.2) is 0 Å². The van der Waals surface area contributed by atoms with Gasteiger partial charge < -0.3 is 11.5 Å². The molecule has 2 unspecified atom stereocenters. The standard InChI is InChI=1S/C6H12N2O/c7-4-1-2-6(9)5(8)3-4/h4-5H,1-3,7-8H2. The fourth-order valence-corrected chi connectivity index (χ4v) is 1.09. The molecule has 0 spiro atoms. The topological polar surface area (TPSA) is 69.1 Å². The maximum absolute atomic E-state index is 10.8. The number of hydrogen-bond donors (Lipinski definition) is 2. The summed E-state index contributed by atoms with van der Waals surface area (Å²) >= 11 is 0. The molecule has 0 aromatic heterocycles. The summed E-state index contributed by atoms with van der Waals surface area (Å²) in [5.74, 6) is 0.164. The maximum atomic E-state index is 10.8. The average molecular weight is 128 g/mol. The Kier molecular flexibility index (Phi) is 1.83. The molecule has 52 valence electrons. The molecule has 3 heteroatoms. The number of ketones is 1. The highest BCUT2D eigenvalue weighted by Crippen LogP contribution is 2.11. The summed E-state index contributed by atoms with van der Waals surface area (Å²) in [6.07, 6.45) is 2.05. The second-order valence-electron chi connectivity index (χ2n) is 2.61. The molecule has 0 aromatic carbocycles. The third kappa shape index (κ3) is 1.50. The Labute approximate surface area is 54.4 Å². The normalized spacial score (nSPS) is 36.9. The molecule has 1 aliphatic carbocycles. The molecule has 4 N–H and O–H groups in total. The summed E-state index contributed by atoms with van der Waals surface area (Å²) in [5, 5.41) is 0. The molecule has 0 heterocycles. The van der Waals surface area contributed by atoms with Gasteiger partial charge in [-0.1, -0.05) is 0 Å². The van der Waals surface area contributed by atoms with E-state index in [2.05, 4.69) is 0 Å². The zero-order valence-electron chi connectivity index (χ0n) is 5.34. The van der Waals surface area contributed by atoms with E-state index in [4.69, 9.17) is 11.5 Å². The van der Waals surface area contributed by atoms with Gasteiger partial charge in [-0.25, -0.2) is 0 Å². The van der Waals surface area contributed by atoms with Gasteiger partial charge in [-0.3, -0.25) is 4.79 Å². The van der Waals surface area contributed by atoms with Crippen LogP contribution in [0, 0.1) is 0 Å². The second kappa shape index (κ2) is 2.45. The summed E-state index contributed by atoms with van der Waals surface area (Å²) < 4.78 is 0. The molecule has 0 saturated heterocycles. The largest absolute Gasteiger partial charge is 0.328 e. The van der Waals surface area contributed by atoms with Crippen molar-refractivity contribution in [3.8, 4) is 0 Å². The average Bonchev–Trinajstić information content (AvgIpc) is 1.80. The summed E-state index contributed by atoms with van der Waals surface area (Å²) in [6.45, 7) is 0. The van der Waals surface area contributed by atoms with Crippen molar-refractivity contribution in [1.82, 2.24) is 0 Å². The molecule has 1 rings (SSSR count). The highest BCUT2D eigenvalue weighted by molar-refractivity contribution is 5.84. The van der Waals surface area contributed by atoms with Gasteiger partial charge in [-0.15, -0.1) is 0 Å². The minimum Gasteiger partial charge on any atom is -0.328 e. The van der Waals surface area contributed by atoms with Crippen molar-refractivity contribution in [2.75, 3.05) is 0 Å². The lowest BCUT2D eigenvalue weighted by Crippen LogP contribution is -2.42. The van der Waals surface area contributed by atoms with Crippen LogP contribution in [0.15, 0.2) is 0 Å². The summed E-state index contributed by atoms with van der Waals surface area (Å²) in [7, 11) is 0. The van der Waals surface area contributed by atoms with E-state index in [1.807, 2.05) is 0 Å². The van der Waals surface area contributed by atoms with Crippen LogP contribution in [-0.4, -0.2) is 17.9 Å². The minimum atomic E-state index is -0.284. The van der Waals surface area contributed by atoms with Crippen molar-refractivity contribution in [3.63, 3.8) is 0 Å². The number of Topliss-reactive ketones (excluding diaryl/α,β-unsaturated/α-hetero) is 1. The van der Waals surface area contributed by atoms with Crippen molar-refractivity contribution in [2.45, 2.75) is 31.3 Å². The van der Waals surface area contributed by atoms with Crippen LogP contribution in [0.4, 0.5) is 0 Å². The zero-order valence-corrected chi connectivity index (χ0v) is 5.34. The van der Waals surface area contributed by atoms with Gasteiger partial charge in [0.25, 0.3) is 0 Å². The molecular weight excluding hydrogens is 116 g/mol. The van der Waals surface area contributed by atoms with E-state index in [1.165, 1.54) is 0 Å². The van der Waals surface area contributed by atoms with E-state index in [9.17, 15) is 4.79 Å². The predicted molar refractivity (Wildman–Crippen MR) is 34.8 cm³/mol. The quantitative estimate of drug-likeness (QED) is 0.457. The Morgan fingerprint density at radius 3 is 2.56 bits per heavy atom. The second-order valence-corrected chi connectivity index (χ2v) is 2.61. The fourth-order valence-electron chi connectivity index (χ4n) is 1.09. The smallest absolute Gasteiger partial charge is 0.149 e. The molecule has 3 nitrogen and oxygen atoms in total. The fraction of sp³-hybridized carbons (Fsp3) is 0.833. The summed E-state index contributed by atoms with van der Waals surface area (Å²) in [6, 6.07) is -0.133. The predicted octanol–water partition coefficient (Wildman–Crippen LogP) is -0.606. The van der Waals surface area contributed by atoms with E-state index in [-0.39, 0.29) is 17.9 Å². The Hall–Kier alpha value is -0.410. The number of rotatable bonds is 0. The molecule has 1 fully saturated rings. The first kappa shape index (κ1) is 6.71. The number of nitrogens with two attached hydrogens (primary N) is 2. The monoisotopic (exact) mass is 128 g/mol. The molecular formula is C6H12N2O. The van der Waals surface area contributed by atoms with Gasteiger partial charge in [0.2, 0.25) is 0 Å². The molecule has 0 radical (unpaired) electrons. The molecule has 0 aromatic rings. The Morgan fingerprint density at radius 1 is 1.44 bits per heavy atom. The van der Waals surface area contributed by atoms with Crippen molar-refractivity contribution >= 4 is 5.78 Å². The molecule has 1 saturated carbocycles. The van der Waals surface area contributed by atoms with E-state index in [0.29, 0.717) is 12.8 Å². The van der Waals surface area contributed by atoms with Crippen molar-refractivity contribution in [1.29, 1.82) is 0 Å². The first-order valence-electron chi connectivity index (χ1n) is 3.24. The molecule has 0 bridgehead atoms. The van der Waals surface area contributed by atoms with Gasteiger partial charge in [-0.2, -0.15) is 0 Å². The number of carbonyl (C=O) groups is 1. The lowest BCUT2D eigenvalue weighted by atomic mass is 9.91. The molecule has 0 aliphatic heterocycles. The van der Waals surface area contributed by atoms with Crippen LogP contribution < -0.4 is 11.5 Å². The number of carbonyl (C=O) groups excluding carboxylic acids is 1. The van der Waals surface area contributed by atoms with Crippen LogP contribution in [-0.2, 0) is 4.79 Å². The van der Waals surface area contributed by atoms with Crippen LogP contribution in [0.25, 0.3) is 0 Å². The molecule has 0 amide bonds. The summed E-state index contributed by atoms with van der Waals surface area (Å²) in [4.78, 5) is 10.8. The van der Waals surface area contributed by atoms with Crippen molar-refractivity contribution in [2.24, 2.45) is 11.5 Å². The van der Waals surface area contributed by atoms with Crippen LogP contribution in [0.1, 0.15) is 19.3 Å². The van der Waals surface area contributed by atoms with Gasteiger partial charge in [0, 0.05) is 12.5 Å². The molecule has 2 atom stereocenters. The van der Waals surface area contributed by atoms with Crippen molar-refractivity contribution < 1.29 is 4.79 Å². The van der Waals surface area contributed by atoms with Crippen LogP contribution in [0.2, 0.25) is 0 Å². The van der Waals surface area contributed by atoms with Crippen LogP contribution >= 0.6 is 0 Å². The van der Waals surface area contributed by atoms with E-state index >= 15 is 0 Å². The van der Waals surface area contributed by atoms with Gasteiger partial charge in [-0.05, 0) is 12.8 Å². The maximum Gasteiger partial charge on any atom is 0.149 e. The Bertz CT molecular complexity index is 124. The third-order valence-corrected chi connectivity index (χ3v) is 1.73. The van der Waals surface area contributed by atoms with Crippen molar-refractivity contribution in [3.05, 3.63) is 0 Å². The summed E-state index contributed by atoms with van der Waals surface area (Å²) in [5.41, 5.74) is 11.0. The van der Waals surface area contributed by atoms with E-state index in [0.717, 1.165) is 6.42 Å². The van der Waals surface area contributed by atoms with Gasteiger partial charge >= 0.3 is 0 Å². The minimum absolute atomic E-state index is 0.151. The highest BCUT2D eigenvalue weighted by atomic mass is 16.1. The van der Waals surface area contributed by atoms with Crippen LogP contribution in [0.5, 0.6) is 0 Å². The zero-order chi connectivity index (χ0) is 6.85. The lowest BCUT2D eigenvalue weighted by Gasteiger charge is -2.21. The molecule has 9 heavy (non-hydrogen) atoms. The van der Waals surface area contributed by atoms with Gasteiger partial charge in [0.1, 0.15) is 5.78 Å². The van der Waals surface area contributed by atoms with E-state index < -0.39 is 0 Å². The first-order chi connectivity index (χ1) is 4.20. The Balaban J connectivity index is 2.44.